The average molecular weight is 140 g/mol. The lowest BCUT2D eigenvalue weighted by atomic mass is 10.9. The summed E-state index contributed by atoms with van der Waals surface area (Å²) in [4.78, 5) is 3.05. The quantitative estimate of drug-likeness (QED) is 0.550. The number of methoxy groups -OCH3 is 1. The van der Waals surface area contributed by atoms with E-state index >= 15 is 0 Å². The zero-order valence-electron chi connectivity index (χ0n) is 4.77. The van der Waals surface area contributed by atoms with Crippen molar-refractivity contribution < 1.29 is 23.3 Å². The molecule has 5 heteroatoms. The Bertz CT molecular complexity index is 87.8. The minimum absolute atomic E-state index is 0.521. The summed E-state index contributed by atoms with van der Waals surface area (Å²) in [5, 5.41) is 0. The second kappa shape index (κ2) is 5.14. The predicted octanol–water partition coefficient (Wildman–Crippen LogP) is 1.28. The Morgan fingerprint density at radius 1 is 1.67 bits per heavy atom. The van der Waals surface area contributed by atoms with Crippen LogP contribution in [0.4, 0.5) is 8.92 Å². The molecule has 0 aromatic rings. The van der Waals surface area contributed by atoms with Gasteiger partial charge in [0.05, 0.1) is 7.11 Å². The number of rotatable bonds is 4. The lowest BCUT2D eigenvalue weighted by molar-refractivity contribution is -0.145. The van der Waals surface area contributed by atoms with E-state index in [2.05, 4.69) is 14.4 Å². The SMILES string of the molecule is CO/C(=C/OCF)OF. The summed E-state index contributed by atoms with van der Waals surface area (Å²) in [5.41, 5.74) is 0. The van der Waals surface area contributed by atoms with Crippen molar-refractivity contribution in [3.63, 3.8) is 0 Å². The standard InChI is InChI=1S/C4H6F2O3/c1-7-4(9-6)2-8-3-5/h2H,3H2,1H3/b4-2-. The number of ether oxygens (including phenoxy) is 2. The third-order valence-corrected chi connectivity index (χ3v) is 0.520. The van der Waals surface area contributed by atoms with Gasteiger partial charge >= 0.3 is 5.95 Å². The van der Waals surface area contributed by atoms with Crippen LogP contribution in [-0.4, -0.2) is 14.0 Å². The van der Waals surface area contributed by atoms with Crippen LogP contribution in [-0.2, 0) is 14.4 Å². The highest BCUT2D eigenvalue weighted by Crippen LogP contribution is 1.97. The van der Waals surface area contributed by atoms with Crippen molar-refractivity contribution in [2.45, 2.75) is 0 Å². The molecule has 0 aromatic carbocycles. The van der Waals surface area contributed by atoms with Gasteiger partial charge in [0.1, 0.15) is 0 Å². The molecular formula is C4H6F2O3. The molecule has 0 spiro atoms. The van der Waals surface area contributed by atoms with Crippen molar-refractivity contribution in [1.82, 2.24) is 0 Å². The van der Waals surface area contributed by atoms with Gasteiger partial charge in [0.25, 0.3) is 0 Å². The first-order chi connectivity index (χ1) is 4.35. The van der Waals surface area contributed by atoms with Crippen molar-refractivity contribution in [1.29, 1.82) is 0 Å². The van der Waals surface area contributed by atoms with Crippen LogP contribution >= 0.6 is 0 Å². The van der Waals surface area contributed by atoms with Crippen LogP contribution in [0.25, 0.3) is 0 Å². The first-order valence-electron chi connectivity index (χ1n) is 2.05. The van der Waals surface area contributed by atoms with E-state index in [1.165, 1.54) is 0 Å². The third-order valence-electron chi connectivity index (χ3n) is 0.520. The Labute approximate surface area is 50.7 Å². The predicted molar refractivity (Wildman–Crippen MR) is 24.3 cm³/mol. The van der Waals surface area contributed by atoms with Crippen LogP contribution in [0.3, 0.4) is 0 Å². The molecular weight excluding hydrogens is 134 g/mol. The molecule has 0 fully saturated rings. The topological polar surface area (TPSA) is 27.7 Å². The number of halogens is 2. The largest absolute Gasteiger partial charge is 0.464 e. The molecule has 0 unspecified atom stereocenters. The summed E-state index contributed by atoms with van der Waals surface area (Å²) >= 11 is 0. The van der Waals surface area contributed by atoms with Crippen LogP contribution < -0.4 is 0 Å². The Morgan fingerprint density at radius 2 is 2.33 bits per heavy atom. The Hall–Kier alpha value is -1.00. The summed E-state index contributed by atoms with van der Waals surface area (Å²) in [5.74, 6) is -0.521. The van der Waals surface area contributed by atoms with Gasteiger partial charge in [-0.05, 0) is 0 Å². The molecule has 0 aliphatic rings. The van der Waals surface area contributed by atoms with E-state index in [9.17, 15) is 8.92 Å². The van der Waals surface area contributed by atoms with Gasteiger partial charge in [-0.3, -0.25) is 4.94 Å². The molecule has 0 rings (SSSR count). The summed E-state index contributed by atoms with van der Waals surface area (Å²) in [6.07, 6.45) is 0.681. The molecule has 9 heavy (non-hydrogen) atoms. The maximum atomic E-state index is 11.1. The molecule has 0 saturated heterocycles. The van der Waals surface area contributed by atoms with E-state index in [4.69, 9.17) is 0 Å². The molecule has 0 saturated carbocycles. The smallest absolute Gasteiger partial charge is 0.358 e. The molecule has 0 bridgehead atoms. The lowest BCUT2D eigenvalue weighted by Crippen LogP contribution is -1.88. The number of hydrogen-bond donors (Lipinski definition) is 0. The second-order valence-corrected chi connectivity index (χ2v) is 0.994. The normalized spacial score (nSPS) is 10.8. The second-order valence-electron chi connectivity index (χ2n) is 0.994. The summed E-state index contributed by atoms with van der Waals surface area (Å²) < 4.78 is 30.3. The van der Waals surface area contributed by atoms with Crippen LogP contribution in [0.5, 0.6) is 0 Å². The fraction of sp³-hybridized carbons (Fsp3) is 0.500. The maximum Gasteiger partial charge on any atom is 0.358 e. The molecule has 0 N–H and O–H groups in total. The van der Waals surface area contributed by atoms with Crippen molar-refractivity contribution >= 4 is 0 Å². The monoisotopic (exact) mass is 140 g/mol. The number of hydrogen-bond acceptors (Lipinski definition) is 3. The highest BCUT2D eigenvalue weighted by atomic mass is 19.3. The van der Waals surface area contributed by atoms with Crippen molar-refractivity contribution in [2.24, 2.45) is 0 Å². The molecule has 0 heterocycles. The molecule has 0 aliphatic heterocycles. The summed E-state index contributed by atoms with van der Waals surface area (Å²) in [7, 11) is 1.16. The van der Waals surface area contributed by atoms with Gasteiger partial charge < -0.3 is 9.47 Å². The van der Waals surface area contributed by atoms with Gasteiger partial charge in [-0.15, -0.1) is 0 Å². The maximum absolute atomic E-state index is 11.1. The lowest BCUT2D eigenvalue weighted by Gasteiger charge is -1.96. The van der Waals surface area contributed by atoms with Crippen LogP contribution in [0.2, 0.25) is 0 Å². The van der Waals surface area contributed by atoms with Crippen LogP contribution in [0, 0.1) is 0 Å². The molecule has 0 amide bonds. The first-order valence-corrected chi connectivity index (χ1v) is 2.05. The third kappa shape index (κ3) is 3.57. The molecule has 0 radical (unpaired) electrons. The fourth-order valence-corrected chi connectivity index (χ4v) is 0.197. The fourth-order valence-electron chi connectivity index (χ4n) is 0.197. The van der Waals surface area contributed by atoms with E-state index in [0.717, 1.165) is 7.11 Å². The molecule has 0 atom stereocenters. The van der Waals surface area contributed by atoms with Gasteiger partial charge in [0.15, 0.2) is 6.26 Å². The van der Waals surface area contributed by atoms with Gasteiger partial charge in [-0.1, -0.05) is 0 Å². The highest BCUT2D eigenvalue weighted by molar-refractivity contribution is 4.71. The first kappa shape index (κ1) is 8.00. The average Bonchev–Trinajstić information content (AvgIpc) is 1.91. The van der Waals surface area contributed by atoms with E-state index in [0.29, 0.717) is 6.26 Å². The van der Waals surface area contributed by atoms with Crippen LogP contribution in [0.1, 0.15) is 0 Å². The summed E-state index contributed by atoms with van der Waals surface area (Å²) in [6, 6.07) is 0. The summed E-state index contributed by atoms with van der Waals surface area (Å²) in [6.45, 7) is -1.05. The van der Waals surface area contributed by atoms with E-state index in [-0.39, 0.29) is 0 Å². The van der Waals surface area contributed by atoms with E-state index in [1.807, 2.05) is 0 Å². The van der Waals surface area contributed by atoms with Gasteiger partial charge in [-0.2, -0.15) is 0 Å². The van der Waals surface area contributed by atoms with E-state index < -0.39 is 12.8 Å². The van der Waals surface area contributed by atoms with Gasteiger partial charge in [-0.25, -0.2) is 4.39 Å². The molecule has 3 nitrogen and oxygen atoms in total. The van der Waals surface area contributed by atoms with Crippen molar-refractivity contribution in [3.8, 4) is 0 Å². The highest BCUT2D eigenvalue weighted by Gasteiger charge is 1.94. The minimum Gasteiger partial charge on any atom is -0.464 e. The zero-order chi connectivity index (χ0) is 7.11. The van der Waals surface area contributed by atoms with Crippen LogP contribution in [0.15, 0.2) is 12.2 Å². The van der Waals surface area contributed by atoms with Gasteiger partial charge in [0, 0.05) is 4.53 Å². The Morgan fingerprint density at radius 3 is 2.67 bits per heavy atom. The minimum atomic E-state index is -1.05. The van der Waals surface area contributed by atoms with E-state index in [1.54, 1.807) is 0 Å². The Kier molecular flexibility index (Phi) is 4.57. The van der Waals surface area contributed by atoms with Crippen molar-refractivity contribution in [2.75, 3.05) is 14.0 Å². The van der Waals surface area contributed by atoms with Gasteiger partial charge in [0.2, 0.25) is 6.86 Å². The molecule has 0 aromatic heterocycles. The molecule has 54 valence electrons. The molecule has 0 aliphatic carbocycles. The number of alkyl halides is 1. The zero-order valence-corrected chi connectivity index (χ0v) is 4.77. The Balaban J connectivity index is 3.48. The van der Waals surface area contributed by atoms with Crippen molar-refractivity contribution in [3.05, 3.63) is 12.2 Å².